The van der Waals surface area contributed by atoms with Crippen LogP contribution in [0.2, 0.25) is 0 Å². The molecular formula is C20H19F2N3O2. The lowest BCUT2D eigenvalue weighted by molar-refractivity contribution is -0.121. The molecule has 2 aromatic carbocycles. The normalized spacial score (nSPS) is 12.1. The molecule has 0 aliphatic heterocycles. The monoisotopic (exact) mass is 371 g/mol. The first-order chi connectivity index (χ1) is 12.9. The summed E-state index contributed by atoms with van der Waals surface area (Å²) in [4.78, 5) is 31.2. The van der Waals surface area contributed by atoms with E-state index >= 15 is 0 Å². The van der Waals surface area contributed by atoms with E-state index in [0.29, 0.717) is 35.1 Å². The van der Waals surface area contributed by atoms with Gasteiger partial charge in [0.2, 0.25) is 5.91 Å². The largest absolute Gasteiger partial charge is 0.350 e. The number of hydrogen-bond donors (Lipinski definition) is 2. The van der Waals surface area contributed by atoms with Gasteiger partial charge in [0.25, 0.3) is 5.56 Å². The first kappa shape index (κ1) is 18.7. The number of H-pyrrole nitrogens is 1. The molecule has 0 bridgehead atoms. The second-order valence-corrected chi connectivity index (χ2v) is 6.35. The van der Waals surface area contributed by atoms with Crippen molar-refractivity contribution in [3.8, 4) is 0 Å². The molecule has 0 saturated heterocycles. The van der Waals surface area contributed by atoms with Gasteiger partial charge < -0.3 is 10.3 Å². The number of hydrogen-bond acceptors (Lipinski definition) is 3. The standard InChI is InChI=1S/C20H19F2N3O2/c1-12(13-9-10-15(21)16(22)11-13)23-19(26)8-4-7-18-24-17-6-3-2-5-14(17)20(27)25-18/h2-3,5-6,9-12H,4,7-8H2,1H3,(H,23,26)(H,24,25,27)/t12-/m0/s1. The van der Waals surface area contributed by atoms with Gasteiger partial charge in [-0.15, -0.1) is 0 Å². The predicted molar refractivity (Wildman–Crippen MR) is 98.2 cm³/mol. The molecule has 3 aromatic rings. The molecule has 0 saturated carbocycles. The average molecular weight is 371 g/mol. The molecule has 5 nitrogen and oxygen atoms in total. The Bertz CT molecular complexity index is 1030. The highest BCUT2D eigenvalue weighted by Gasteiger charge is 2.12. The Balaban J connectivity index is 1.55. The van der Waals surface area contributed by atoms with Crippen LogP contribution in [-0.4, -0.2) is 15.9 Å². The van der Waals surface area contributed by atoms with Gasteiger partial charge in [-0.2, -0.15) is 0 Å². The molecule has 1 atom stereocenters. The number of carbonyl (C=O) groups is 1. The van der Waals surface area contributed by atoms with E-state index in [1.54, 1.807) is 25.1 Å². The maximum absolute atomic E-state index is 13.3. The van der Waals surface area contributed by atoms with Crippen molar-refractivity contribution in [1.82, 2.24) is 15.3 Å². The lowest BCUT2D eigenvalue weighted by atomic mass is 10.1. The zero-order valence-corrected chi connectivity index (χ0v) is 14.8. The van der Waals surface area contributed by atoms with Crippen molar-refractivity contribution in [2.24, 2.45) is 0 Å². The van der Waals surface area contributed by atoms with E-state index < -0.39 is 17.7 Å². The maximum atomic E-state index is 13.3. The van der Waals surface area contributed by atoms with Gasteiger partial charge in [0.15, 0.2) is 11.6 Å². The van der Waals surface area contributed by atoms with Crippen molar-refractivity contribution in [3.63, 3.8) is 0 Å². The molecule has 7 heteroatoms. The molecule has 27 heavy (non-hydrogen) atoms. The number of aromatic amines is 1. The zero-order valence-electron chi connectivity index (χ0n) is 14.8. The van der Waals surface area contributed by atoms with E-state index in [4.69, 9.17) is 0 Å². The van der Waals surface area contributed by atoms with Crippen LogP contribution in [0.15, 0.2) is 47.3 Å². The van der Waals surface area contributed by atoms with Crippen LogP contribution in [0.5, 0.6) is 0 Å². The molecule has 1 amide bonds. The number of fused-ring (bicyclic) bond motifs is 1. The summed E-state index contributed by atoms with van der Waals surface area (Å²) in [7, 11) is 0. The summed E-state index contributed by atoms with van der Waals surface area (Å²) in [5.41, 5.74) is 0.905. The highest BCUT2D eigenvalue weighted by molar-refractivity contribution is 5.77. The smallest absolute Gasteiger partial charge is 0.258 e. The van der Waals surface area contributed by atoms with E-state index in [0.717, 1.165) is 12.1 Å². The minimum atomic E-state index is -0.945. The van der Waals surface area contributed by atoms with Crippen molar-refractivity contribution in [1.29, 1.82) is 0 Å². The van der Waals surface area contributed by atoms with Gasteiger partial charge in [-0.25, -0.2) is 13.8 Å². The summed E-state index contributed by atoms with van der Waals surface area (Å²) in [5.74, 6) is -1.55. The number of amides is 1. The topological polar surface area (TPSA) is 74.8 Å². The quantitative estimate of drug-likeness (QED) is 0.697. The maximum Gasteiger partial charge on any atom is 0.258 e. The third kappa shape index (κ3) is 4.55. The van der Waals surface area contributed by atoms with Crippen molar-refractivity contribution in [2.45, 2.75) is 32.2 Å². The number of benzene rings is 2. The highest BCUT2D eigenvalue weighted by atomic mass is 19.2. The molecular weight excluding hydrogens is 352 g/mol. The molecule has 0 fully saturated rings. The number of carbonyl (C=O) groups excluding carboxylic acids is 1. The van der Waals surface area contributed by atoms with Crippen LogP contribution in [-0.2, 0) is 11.2 Å². The van der Waals surface area contributed by atoms with E-state index in [2.05, 4.69) is 15.3 Å². The Morgan fingerprint density at radius 1 is 1.19 bits per heavy atom. The second kappa shape index (κ2) is 8.07. The summed E-state index contributed by atoms with van der Waals surface area (Å²) in [6.07, 6.45) is 1.18. The van der Waals surface area contributed by atoms with Gasteiger partial charge in [0.05, 0.1) is 16.9 Å². The summed E-state index contributed by atoms with van der Waals surface area (Å²) < 4.78 is 26.3. The molecule has 0 aliphatic carbocycles. The fraction of sp³-hybridized carbons (Fsp3) is 0.250. The Labute approximate surface area is 154 Å². The van der Waals surface area contributed by atoms with E-state index in [1.165, 1.54) is 6.07 Å². The molecule has 1 heterocycles. The van der Waals surface area contributed by atoms with Crippen LogP contribution in [0.4, 0.5) is 8.78 Å². The van der Waals surface area contributed by atoms with Gasteiger partial charge in [-0.05, 0) is 43.2 Å². The molecule has 2 N–H and O–H groups in total. The first-order valence-corrected chi connectivity index (χ1v) is 8.66. The molecule has 140 valence electrons. The summed E-state index contributed by atoms with van der Waals surface area (Å²) in [6, 6.07) is 10.2. The molecule has 0 spiro atoms. The Morgan fingerprint density at radius 3 is 2.74 bits per heavy atom. The fourth-order valence-electron chi connectivity index (χ4n) is 2.85. The third-order valence-corrected chi connectivity index (χ3v) is 4.30. The SMILES string of the molecule is C[C@H](NC(=O)CCCc1nc2ccccc2c(=O)[nH]1)c1ccc(F)c(F)c1. The van der Waals surface area contributed by atoms with Crippen molar-refractivity contribution >= 4 is 16.8 Å². The number of aryl methyl sites for hydroxylation is 1. The van der Waals surface area contributed by atoms with Gasteiger partial charge in [0, 0.05) is 12.8 Å². The van der Waals surface area contributed by atoms with Crippen LogP contribution in [0.25, 0.3) is 10.9 Å². The number of nitrogens with one attached hydrogen (secondary N) is 2. The zero-order chi connectivity index (χ0) is 19.4. The summed E-state index contributed by atoms with van der Waals surface area (Å²) in [6.45, 7) is 1.70. The number of halogens is 2. The minimum absolute atomic E-state index is 0.202. The van der Waals surface area contributed by atoms with Crippen molar-refractivity contribution in [3.05, 3.63) is 75.8 Å². The Morgan fingerprint density at radius 2 is 1.96 bits per heavy atom. The minimum Gasteiger partial charge on any atom is -0.350 e. The van der Waals surface area contributed by atoms with Gasteiger partial charge in [-0.1, -0.05) is 18.2 Å². The molecule has 3 rings (SSSR count). The van der Waals surface area contributed by atoms with Crippen LogP contribution >= 0.6 is 0 Å². The fourth-order valence-corrected chi connectivity index (χ4v) is 2.85. The van der Waals surface area contributed by atoms with Crippen LogP contribution in [0, 0.1) is 11.6 Å². The lowest BCUT2D eigenvalue weighted by Crippen LogP contribution is -2.26. The Hall–Kier alpha value is -3.09. The van der Waals surface area contributed by atoms with Crippen LogP contribution < -0.4 is 10.9 Å². The molecule has 0 unspecified atom stereocenters. The molecule has 0 aliphatic rings. The van der Waals surface area contributed by atoms with Crippen molar-refractivity contribution in [2.75, 3.05) is 0 Å². The van der Waals surface area contributed by atoms with Crippen LogP contribution in [0.1, 0.15) is 37.2 Å². The van der Waals surface area contributed by atoms with E-state index in [-0.39, 0.29) is 17.9 Å². The number of rotatable bonds is 6. The number of nitrogens with zero attached hydrogens (tertiary/aromatic N) is 1. The summed E-state index contributed by atoms with van der Waals surface area (Å²) in [5, 5.41) is 3.28. The van der Waals surface area contributed by atoms with E-state index in [1.807, 2.05) is 6.07 Å². The molecule has 0 radical (unpaired) electrons. The number of para-hydroxylation sites is 1. The van der Waals surface area contributed by atoms with Gasteiger partial charge in [0.1, 0.15) is 5.82 Å². The van der Waals surface area contributed by atoms with Crippen LogP contribution in [0.3, 0.4) is 0 Å². The van der Waals surface area contributed by atoms with Crippen molar-refractivity contribution < 1.29 is 13.6 Å². The Kier molecular flexibility index (Phi) is 5.59. The molecule has 1 aromatic heterocycles. The number of aromatic nitrogens is 2. The first-order valence-electron chi connectivity index (χ1n) is 8.66. The third-order valence-electron chi connectivity index (χ3n) is 4.30. The lowest BCUT2D eigenvalue weighted by Gasteiger charge is -2.14. The highest BCUT2D eigenvalue weighted by Crippen LogP contribution is 2.16. The van der Waals surface area contributed by atoms with Gasteiger partial charge >= 0.3 is 0 Å². The predicted octanol–water partition coefficient (Wildman–Crippen LogP) is 3.40. The van der Waals surface area contributed by atoms with Gasteiger partial charge in [-0.3, -0.25) is 9.59 Å². The summed E-state index contributed by atoms with van der Waals surface area (Å²) >= 11 is 0. The second-order valence-electron chi connectivity index (χ2n) is 6.35. The average Bonchev–Trinajstić information content (AvgIpc) is 2.64. The van der Waals surface area contributed by atoms with E-state index in [9.17, 15) is 18.4 Å².